The van der Waals surface area contributed by atoms with Crippen molar-refractivity contribution < 1.29 is 9.59 Å². The minimum absolute atomic E-state index is 0.126. The second kappa shape index (κ2) is 11.3. The van der Waals surface area contributed by atoms with Crippen LogP contribution in [0.1, 0.15) is 28.7 Å². The molecule has 4 aromatic rings. The Morgan fingerprint density at radius 1 is 0.743 bits per heavy atom. The third-order valence-corrected chi connectivity index (χ3v) is 6.90. The maximum atomic E-state index is 13.6. The summed E-state index contributed by atoms with van der Waals surface area (Å²) in [6.07, 6.45) is 0.466. The predicted molar refractivity (Wildman–Crippen MR) is 148 cm³/mol. The van der Waals surface area contributed by atoms with Crippen molar-refractivity contribution in [2.45, 2.75) is 24.3 Å². The lowest BCUT2D eigenvalue weighted by Crippen LogP contribution is -2.48. The van der Waals surface area contributed by atoms with Crippen molar-refractivity contribution in [1.29, 1.82) is 0 Å². The molecule has 0 aliphatic rings. The molecule has 4 aromatic carbocycles. The second-order valence-electron chi connectivity index (χ2n) is 8.54. The fourth-order valence-corrected chi connectivity index (χ4v) is 5.19. The van der Waals surface area contributed by atoms with E-state index in [-0.39, 0.29) is 12.3 Å². The first-order valence-corrected chi connectivity index (χ1v) is 12.6. The Kier molecular flexibility index (Phi) is 7.98. The van der Waals surface area contributed by atoms with Gasteiger partial charge in [0, 0.05) is 16.4 Å². The zero-order chi connectivity index (χ0) is 24.7. The Morgan fingerprint density at radius 3 is 1.66 bits per heavy atom. The van der Waals surface area contributed by atoms with Crippen LogP contribution in [0.2, 0.25) is 0 Å². The van der Waals surface area contributed by atoms with Crippen molar-refractivity contribution in [2.24, 2.45) is 5.73 Å². The van der Waals surface area contributed by atoms with Gasteiger partial charge in [-0.2, -0.15) is 0 Å². The van der Waals surface area contributed by atoms with Crippen molar-refractivity contribution >= 4 is 34.4 Å². The van der Waals surface area contributed by atoms with Crippen LogP contribution in [0.5, 0.6) is 0 Å². The van der Waals surface area contributed by atoms with Gasteiger partial charge in [-0.25, -0.2) is 0 Å². The van der Waals surface area contributed by atoms with Crippen molar-refractivity contribution in [3.05, 3.63) is 141 Å². The lowest BCUT2D eigenvalue weighted by atomic mass is 9.67. The average molecular weight is 574 g/mol. The Labute approximate surface area is 219 Å². The minimum Gasteiger partial charge on any atom is -0.368 e. The zero-order valence-corrected chi connectivity index (χ0v) is 21.4. The molecule has 2 amide bonds. The van der Waals surface area contributed by atoms with Gasteiger partial charge in [-0.3, -0.25) is 9.59 Å². The van der Waals surface area contributed by atoms with E-state index in [1.54, 1.807) is 0 Å². The molecule has 3 N–H and O–H groups in total. The average Bonchev–Trinajstić information content (AvgIpc) is 2.88. The first kappa shape index (κ1) is 24.7. The van der Waals surface area contributed by atoms with E-state index in [2.05, 4.69) is 27.9 Å². The van der Waals surface area contributed by atoms with Crippen molar-refractivity contribution in [1.82, 2.24) is 5.32 Å². The molecule has 1 atom stereocenters. The first-order valence-electron chi connectivity index (χ1n) is 11.5. The van der Waals surface area contributed by atoms with Crippen LogP contribution in [0.3, 0.4) is 0 Å². The predicted octanol–water partition coefficient (Wildman–Crippen LogP) is 5.23. The molecule has 0 saturated carbocycles. The van der Waals surface area contributed by atoms with Crippen LogP contribution in [0.25, 0.3) is 0 Å². The molecule has 0 spiro atoms. The Bertz CT molecular complexity index is 1180. The second-order valence-corrected chi connectivity index (χ2v) is 9.78. The smallest absolute Gasteiger partial charge is 0.240 e. The summed E-state index contributed by atoms with van der Waals surface area (Å²) in [5, 5.41) is 2.93. The molecule has 0 heterocycles. The van der Waals surface area contributed by atoms with Gasteiger partial charge in [-0.05, 0) is 57.0 Å². The number of hydrogen-bond acceptors (Lipinski definition) is 2. The van der Waals surface area contributed by atoms with Gasteiger partial charge in [0.15, 0.2) is 0 Å². The van der Waals surface area contributed by atoms with E-state index in [1.807, 2.05) is 115 Å². The fourth-order valence-electron chi connectivity index (χ4n) is 4.58. The van der Waals surface area contributed by atoms with Crippen LogP contribution in [-0.4, -0.2) is 17.9 Å². The maximum absolute atomic E-state index is 13.6. The van der Waals surface area contributed by atoms with E-state index >= 15 is 0 Å². The zero-order valence-electron chi connectivity index (χ0n) is 19.2. The Morgan fingerprint density at radius 2 is 1.23 bits per heavy atom. The monoisotopic (exact) mass is 574 g/mol. The van der Waals surface area contributed by atoms with Crippen molar-refractivity contribution in [3.8, 4) is 0 Å². The molecule has 0 unspecified atom stereocenters. The molecule has 4 rings (SSSR count). The van der Waals surface area contributed by atoms with Gasteiger partial charge >= 0.3 is 0 Å². The standard InChI is InChI=1S/C30H27IN2O2/c31-26-18-10-11-22(19-26)20-27(29(32)35)33-28(34)21-30(23-12-4-1-5-13-23,24-14-6-2-7-15-24)25-16-8-3-9-17-25/h1-19,27H,20-21H2,(H2,32,35)(H,33,34)/t27-/m0/s1. The lowest BCUT2D eigenvalue weighted by Gasteiger charge is -2.36. The van der Waals surface area contributed by atoms with E-state index in [0.717, 1.165) is 25.8 Å². The maximum Gasteiger partial charge on any atom is 0.240 e. The van der Waals surface area contributed by atoms with E-state index in [1.165, 1.54) is 0 Å². The van der Waals surface area contributed by atoms with E-state index in [4.69, 9.17) is 5.73 Å². The molecule has 5 heteroatoms. The fraction of sp³-hybridized carbons (Fsp3) is 0.133. The number of nitrogens with one attached hydrogen (secondary N) is 1. The number of halogens is 1. The molecule has 4 nitrogen and oxygen atoms in total. The lowest BCUT2D eigenvalue weighted by molar-refractivity contribution is -0.127. The van der Waals surface area contributed by atoms with Gasteiger partial charge in [-0.1, -0.05) is 103 Å². The van der Waals surface area contributed by atoms with E-state index in [9.17, 15) is 9.59 Å². The van der Waals surface area contributed by atoms with Crippen molar-refractivity contribution in [3.63, 3.8) is 0 Å². The summed E-state index contributed by atoms with van der Waals surface area (Å²) in [5.74, 6) is -0.794. The van der Waals surface area contributed by atoms with Crippen LogP contribution >= 0.6 is 22.6 Å². The largest absolute Gasteiger partial charge is 0.368 e. The summed E-state index contributed by atoms with van der Waals surface area (Å²) < 4.78 is 1.06. The van der Waals surface area contributed by atoms with E-state index in [0.29, 0.717) is 6.42 Å². The molecule has 0 saturated heterocycles. The van der Waals surface area contributed by atoms with Gasteiger partial charge < -0.3 is 11.1 Å². The molecule has 0 aliphatic carbocycles. The molecule has 0 bridgehead atoms. The topological polar surface area (TPSA) is 72.2 Å². The summed E-state index contributed by atoms with van der Waals surface area (Å²) in [7, 11) is 0. The number of hydrogen-bond donors (Lipinski definition) is 2. The quantitative estimate of drug-likeness (QED) is 0.212. The van der Waals surface area contributed by atoms with Crippen LogP contribution in [0.4, 0.5) is 0 Å². The number of nitrogens with two attached hydrogens (primary N) is 1. The van der Waals surface area contributed by atoms with Crippen LogP contribution in [-0.2, 0) is 21.4 Å². The minimum atomic E-state index is -0.805. The SMILES string of the molecule is NC(=O)[C@H](Cc1cccc(I)c1)NC(=O)CC(c1ccccc1)(c1ccccc1)c1ccccc1. The van der Waals surface area contributed by atoms with Gasteiger partial charge in [-0.15, -0.1) is 0 Å². The highest BCUT2D eigenvalue weighted by Gasteiger charge is 2.39. The molecule has 0 radical (unpaired) electrons. The normalized spacial score (nSPS) is 12.0. The number of amides is 2. The molecular weight excluding hydrogens is 547 g/mol. The number of carbonyl (C=O) groups is 2. The van der Waals surface area contributed by atoms with Crippen molar-refractivity contribution in [2.75, 3.05) is 0 Å². The number of benzene rings is 4. The molecule has 176 valence electrons. The Balaban J connectivity index is 1.73. The molecule has 0 fully saturated rings. The van der Waals surface area contributed by atoms with Crippen LogP contribution in [0.15, 0.2) is 115 Å². The highest BCUT2D eigenvalue weighted by Crippen LogP contribution is 2.42. The number of rotatable bonds is 9. The van der Waals surface area contributed by atoms with Gasteiger partial charge in [0.2, 0.25) is 11.8 Å². The van der Waals surface area contributed by atoms with Gasteiger partial charge in [0.05, 0.1) is 5.41 Å². The highest BCUT2D eigenvalue weighted by molar-refractivity contribution is 14.1. The molecular formula is C30H27IN2O2. The van der Waals surface area contributed by atoms with Crippen LogP contribution in [0, 0.1) is 3.57 Å². The van der Waals surface area contributed by atoms with Gasteiger partial charge in [0.1, 0.15) is 6.04 Å². The number of primary amides is 1. The number of carbonyl (C=O) groups excluding carboxylic acids is 2. The summed E-state index contributed by atoms with van der Waals surface area (Å²) in [4.78, 5) is 25.9. The summed E-state index contributed by atoms with van der Waals surface area (Å²) in [6, 6.07) is 37.1. The summed E-state index contributed by atoms with van der Waals surface area (Å²) in [6.45, 7) is 0. The van der Waals surface area contributed by atoms with Crippen LogP contribution < -0.4 is 11.1 Å². The molecule has 0 aliphatic heterocycles. The third-order valence-electron chi connectivity index (χ3n) is 6.23. The van der Waals surface area contributed by atoms with Gasteiger partial charge in [0.25, 0.3) is 0 Å². The van der Waals surface area contributed by atoms with E-state index < -0.39 is 17.4 Å². The highest BCUT2D eigenvalue weighted by atomic mass is 127. The Hall–Kier alpha value is -3.45. The molecule has 35 heavy (non-hydrogen) atoms. The third kappa shape index (κ3) is 5.80. The summed E-state index contributed by atoms with van der Waals surface area (Å²) >= 11 is 2.23. The molecule has 0 aromatic heterocycles. The summed E-state index contributed by atoms with van der Waals surface area (Å²) in [5.41, 5.74) is 8.92. The first-order chi connectivity index (χ1) is 17.0.